The van der Waals surface area contributed by atoms with Gasteiger partial charge in [-0.15, -0.1) is 35.8 Å². The van der Waals surface area contributed by atoms with E-state index in [1.807, 2.05) is 7.05 Å². The smallest absolute Gasteiger partial charge is 0.404 e. The first-order valence-corrected chi connectivity index (χ1v) is 13.1. The molecular formula is C26H26ClF4N5O3S. The number of carbonyl (C=O) groups excluding carboxylic acids is 2. The first kappa shape index (κ1) is 29.8. The first-order valence-electron chi connectivity index (χ1n) is 12.3. The van der Waals surface area contributed by atoms with Gasteiger partial charge in [0, 0.05) is 37.3 Å². The molecule has 1 aromatic heterocycles. The molecule has 14 heteroatoms. The summed E-state index contributed by atoms with van der Waals surface area (Å²) in [6.07, 6.45) is -4.00. The Morgan fingerprint density at radius 1 is 1.07 bits per heavy atom. The van der Waals surface area contributed by atoms with Crippen LogP contribution in [0.2, 0.25) is 0 Å². The summed E-state index contributed by atoms with van der Waals surface area (Å²) in [7, 11) is 1.99. The molecule has 1 amide bonds. The Morgan fingerprint density at radius 2 is 1.77 bits per heavy atom. The molecular weight excluding hydrogens is 574 g/mol. The van der Waals surface area contributed by atoms with Crippen LogP contribution < -0.4 is 10.1 Å². The molecule has 2 fully saturated rings. The van der Waals surface area contributed by atoms with Crippen LogP contribution in [-0.2, 0) is 11.2 Å². The van der Waals surface area contributed by atoms with Crippen LogP contribution in [0.25, 0.3) is 10.6 Å². The van der Waals surface area contributed by atoms with Gasteiger partial charge in [-0.25, -0.2) is 4.39 Å². The molecule has 1 aliphatic heterocycles. The number of Topliss-reactive ketones (excluding diaryl/α,β-unsaturated/α-hetero) is 1. The Balaban J connectivity index is 0.00000370. The minimum atomic E-state index is -4.99. The number of amides is 1. The van der Waals surface area contributed by atoms with Gasteiger partial charge in [0.05, 0.1) is 12.1 Å². The van der Waals surface area contributed by atoms with Crippen LogP contribution >= 0.6 is 23.7 Å². The molecule has 40 heavy (non-hydrogen) atoms. The summed E-state index contributed by atoms with van der Waals surface area (Å²) in [5.41, 5.74) is -0.714. The summed E-state index contributed by atoms with van der Waals surface area (Å²) in [5, 5.41) is 11.1. The van der Waals surface area contributed by atoms with Crippen molar-refractivity contribution in [2.24, 2.45) is 0 Å². The normalized spacial score (nSPS) is 17.1. The molecule has 1 N–H and O–H groups in total. The molecule has 5 rings (SSSR count). The number of piperazine rings is 1. The van der Waals surface area contributed by atoms with Crippen LogP contribution in [0.4, 0.5) is 23.2 Å². The molecule has 8 nitrogen and oxygen atoms in total. The zero-order valence-electron chi connectivity index (χ0n) is 21.3. The summed E-state index contributed by atoms with van der Waals surface area (Å²) < 4.78 is 57.5. The lowest BCUT2D eigenvalue weighted by atomic mass is 10.1. The quantitative estimate of drug-likeness (QED) is 0.294. The highest BCUT2D eigenvalue weighted by atomic mass is 35.5. The first-order chi connectivity index (χ1) is 18.5. The van der Waals surface area contributed by atoms with Crippen LogP contribution in [0.3, 0.4) is 0 Å². The zero-order chi connectivity index (χ0) is 27.8. The van der Waals surface area contributed by atoms with E-state index in [1.54, 1.807) is 18.2 Å². The van der Waals surface area contributed by atoms with Gasteiger partial charge in [-0.1, -0.05) is 23.5 Å². The third kappa shape index (κ3) is 6.60. The zero-order valence-corrected chi connectivity index (χ0v) is 23.0. The standard InChI is InChI=1S/C26H25F4N5O3S.ClH/c1-34-10-12-35(13-11-34)25(8-9-25)24(37)31-19-14-16(6-7-21(19)38-26(28,29)30)20(36)15-22-32-33-23(39-22)17-4-2-3-5-18(17)27;/h2-7,14H,8-13,15H2,1H3,(H,31,37);1H. The van der Waals surface area contributed by atoms with E-state index >= 15 is 0 Å². The van der Waals surface area contributed by atoms with Crippen molar-refractivity contribution >= 4 is 41.1 Å². The van der Waals surface area contributed by atoms with E-state index in [1.165, 1.54) is 18.2 Å². The Kier molecular flexibility index (Phi) is 8.78. The fourth-order valence-electron chi connectivity index (χ4n) is 4.60. The van der Waals surface area contributed by atoms with Gasteiger partial charge in [-0.3, -0.25) is 14.5 Å². The fourth-order valence-corrected chi connectivity index (χ4v) is 5.47. The molecule has 0 bridgehead atoms. The van der Waals surface area contributed by atoms with Crippen LogP contribution in [0.15, 0.2) is 42.5 Å². The molecule has 3 aromatic rings. The lowest BCUT2D eigenvalue weighted by Crippen LogP contribution is -2.54. The SMILES string of the molecule is CN1CCN(C2(C(=O)Nc3cc(C(=O)Cc4nnc(-c5ccccc5F)s4)ccc3OC(F)(F)F)CC2)CC1.Cl. The highest BCUT2D eigenvalue weighted by molar-refractivity contribution is 7.14. The number of nitrogens with zero attached hydrogens (tertiary/aromatic N) is 4. The number of alkyl halides is 3. The number of anilines is 1. The second-order valence-corrected chi connectivity index (χ2v) is 10.7. The van der Waals surface area contributed by atoms with Gasteiger partial charge in [0.25, 0.3) is 0 Å². The highest BCUT2D eigenvalue weighted by Crippen LogP contribution is 2.44. The minimum absolute atomic E-state index is 0. The summed E-state index contributed by atoms with van der Waals surface area (Å²) in [4.78, 5) is 30.5. The molecule has 0 unspecified atom stereocenters. The van der Waals surface area contributed by atoms with Crippen LogP contribution in [0.5, 0.6) is 5.75 Å². The van der Waals surface area contributed by atoms with E-state index < -0.39 is 35.2 Å². The monoisotopic (exact) mass is 599 g/mol. The maximum absolute atomic E-state index is 14.1. The molecule has 2 heterocycles. The van der Waals surface area contributed by atoms with Gasteiger partial charge in [0.15, 0.2) is 16.5 Å². The van der Waals surface area contributed by atoms with Gasteiger partial charge in [0.1, 0.15) is 16.4 Å². The van der Waals surface area contributed by atoms with Crippen molar-refractivity contribution in [2.75, 3.05) is 38.5 Å². The summed E-state index contributed by atoms with van der Waals surface area (Å²) in [5.74, 6) is -1.97. The number of aromatic nitrogens is 2. The fraction of sp³-hybridized carbons (Fsp3) is 0.385. The number of halogens is 5. The molecule has 0 spiro atoms. The largest absolute Gasteiger partial charge is 0.573 e. The van der Waals surface area contributed by atoms with Crippen molar-refractivity contribution in [2.45, 2.75) is 31.2 Å². The second-order valence-electron chi connectivity index (χ2n) is 9.62. The highest BCUT2D eigenvalue weighted by Gasteiger charge is 2.55. The minimum Gasteiger partial charge on any atom is -0.404 e. The number of carbonyl (C=O) groups is 2. The van der Waals surface area contributed by atoms with Crippen LogP contribution in [0, 0.1) is 5.82 Å². The average Bonchev–Trinajstić information content (AvgIpc) is 3.57. The number of nitrogens with one attached hydrogen (secondary N) is 1. The Bertz CT molecular complexity index is 1390. The van der Waals surface area contributed by atoms with Gasteiger partial charge in [0.2, 0.25) is 5.91 Å². The predicted octanol–water partition coefficient (Wildman–Crippen LogP) is 4.81. The number of hydrogen-bond donors (Lipinski definition) is 1. The van der Waals surface area contributed by atoms with E-state index in [0.717, 1.165) is 30.5 Å². The van der Waals surface area contributed by atoms with Gasteiger partial charge >= 0.3 is 6.36 Å². The van der Waals surface area contributed by atoms with Gasteiger partial charge in [-0.2, -0.15) is 0 Å². The summed E-state index contributed by atoms with van der Waals surface area (Å²) in [6.45, 7) is 2.91. The maximum Gasteiger partial charge on any atom is 0.573 e. The number of likely N-dealkylation sites (N-methyl/N-ethyl adjacent to an activating group) is 1. The lowest BCUT2D eigenvalue weighted by molar-refractivity contribution is -0.274. The topological polar surface area (TPSA) is 87.7 Å². The van der Waals surface area contributed by atoms with Crippen LogP contribution in [0.1, 0.15) is 28.2 Å². The summed E-state index contributed by atoms with van der Waals surface area (Å²) >= 11 is 1.04. The van der Waals surface area contributed by atoms with Gasteiger partial charge < -0.3 is 15.0 Å². The van der Waals surface area contributed by atoms with Crippen molar-refractivity contribution in [3.05, 3.63) is 58.9 Å². The number of ketones is 1. The number of benzene rings is 2. The summed E-state index contributed by atoms with van der Waals surface area (Å²) in [6, 6.07) is 9.42. The Morgan fingerprint density at radius 3 is 2.42 bits per heavy atom. The number of ether oxygens (including phenoxy) is 1. The maximum atomic E-state index is 14.1. The molecule has 2 aromatic carbocycles. The van der Waals surface area contributed by atoms with E-state index in [2.05, 4.69) is 30.1 Å². The third-order valence-electron chi connectivity index (χ3n) is 6.91. The predicted molar refractivity (Wildman–Crippen MR) is 143 cm³/mol. The number of rotatable bonds is 8. The average molecular weight is 600 g/mol. The third-order valence-corrected chi connectivity index (χ3v) is 7.87. The Labute approximate surface area is 237 Å². The molecule has 1 saturated heterocycles. The molecule has 0 radical (unpaired) electrons. The van der Waals surface area contributed by atoms with E-state index in [-0.39, 0.29) is 35.6 Å². The molecule has 2 aliphatic rings. The molecule has 1 aliphatic carbocycles. The van der Waals surface area contributed by atoms with E-state index in [0.29, 0.717) is 35.9 Å². The van der Waals surface area contributed by atoms with Gasteiger partial charge in [-0.05, 0) is 50.2 Å². The lowest BCUT2D eigenvalue weighted by Gasteiger charge is -2.37. The van der Waals surface area contributed by atoms with E-state index in [9.17, 15) is 27.2 Å². The Hall–Kier alpha value is -3.13. The van der Waals surface area contributed by atoms with Crippen molar-refractivity contribution in [3.63, 3.8) is 0 Å². The van der Waals surface area contributed by atoms with Crippen molar-refractivity contribution in [3.8, 4) is 16.3 Å². The molecule has 0 atom stereocenters. The molecule has 1 saturated carbocycles. The van der Waals surface area contributed by atoms with E-state index in [4.69, 9.17) is 0 Å². The second kappa shape index (κ2) is 11.8. The number of hydrogen-bond acceptors (Lipinski definition) is 8. The van der Waals surface area contributed by atoms with Crippen molar-refractivity contribution in [1.82, 2.24) is 20.0 Å². The van der Waals surface area contributed by atoms with Crippen molar-refractivity contribution in [1.29, 1.82) is 0 Å². The van der Waals surface area contributed by atoms with Crippen LogP contribution in [-0.4, -0.2) is 76.8 Å². The molecule has 214 valence electrons. The van der Waals surface area contributed by atoms with Crippen molar-refractivity contribution < 1.29 is 31.9 Å².